The zero-order chi connectivity index (χ0) is 12.8. The van der Waals surface area contributed by atoms with Crippen molar-refractivity contribution in [2.75, 3.05) is 0 Å². The predicted molar refractivity (Wildman–Crippen MR) is 75.3 cm³/mol. The van der Waals surface area contributed by atoms with E-state index in [1.165, 1.54) is 23.1 Å². The molecular weight excluding hydrogens is 220 g/mol. The standard InChI is InChI=1S/C16H20N2/c1-2-5-13-6-3-8-15(10-13)16(17)11-14-7-4-9-18-12-14/h3-4,6-10,12,16H,2,5,11,17H2,1H3. The van der Waals surface area contributed by atoms with Gasteiger partial charge in [-0.15, -0.1) is 0 Å². The fraction of sp³-hybridized carbons (Fsp3) is 0.312. The van der Waals surface area contributed by atoms with Gasteiger partial charge in [-0.1, -0.05) is 43.7 Å². The summed E-state index contributed by atoms with van der Waals surface area (Å²) in [5.41, 5.74) is 10.0. The molecule has 18 heavy (non-hydrogen) atoms. The van der Waals surface area contributed by atoms with Gasteiger partial charge in [0.1, 0.15) is 0 Å². The van der Waals surface area contributed by atoms with Gasteiger partial charge in [-0.05, 0) is 35.6 Å². The number of benzene rings is 1. The van der Waals surface area contributed by atoms with Gasteiger partial charge in [0.2, 0.25) is 0 Å². The summed E-state index contributed by atoms with van der Waals surface area (Å²) in [5, 5.41) is 0. The number of aromatic nitrogens is 1. The van der Waals surface area contributed by atoms with Crippen LogP contribution >= 0.6 is 0 Å². The quantitative estimate of drug-likeness (QED) is 0.871. The Morgan fingerprint density at radius 2 is 2.00 bits per heavy atom. The molecule has 0 radical (unpaired) electrons. The lowest BCUT2D eigenvalue weighted by molar-refractivity contribution is 0.717. The minimum atomic E-state index is 0.0472. The lowest BCUT2D eigenvalue weighted by Crippen LogP contribution is -2.13. The third-order valence-electron chi connectivity index (χ3n) is 3.10. The molecule has 0 spiro atoms. The number of aryl methyl sites for hydroxylation is 1. The van der Waals surface area contributed by atoms with Gasteiger partial charge in [-0.25, -0.2) is 0 Å². The largest absolute Gasteiger partial charge is 0.324 e. The van der Waals surface area contributed by atoms with Crippen LogP contribution in [0.25, 0.3) is 0 Å². The van der Waals surface area contributed by atoms with E-state index in [4.69, 9.17) is 5.73 Å². The Morgan fingerprint density at radius 1 is 1.17 bits per heavy atom. The maximum Gasteiger partial charge on any atom is 0.0336 e. The molecule has 2 N–H and O–H groups in total. The van der Waals surface area contributed by atoms with Crippen LogP contribution in [0.1, 0.15) is 36.1 Å². The predicted octanol–water partition coefficient (Wildman–Crippen LogP) is 3.28. The number of pyridine rings is 1. The normalized spacial score (nSPS) is 12.3. The van der Waals surface area contributed by atoms with E-state index in [2.05, 4.69) is 42.2 Å². The van der Waals surface area contributed by atoms with E-state index in [1.807, 2.05) is 12.3 Å². The van der Waals surface area contributed by atoms with Crippen molar-refractivity contribution >= 4 is 0 Å². The van der Waals surface area contributed by atoms with Crippen molar-refractivity contribution in [3.8, 4) is 0 Å². The summed E-state index contributed by atoms with van der Waals surface area (Å²) >= 11 is 0. The van der Waals surface area contributed by atoms with Gasteiger partial charge in [-0.3, -0.25) is 4.98 Å². The van der Waals surface area contributed by atoms with Crippen LogP contribution in [0.15, 0.2) is 48.8 Å². The Balaban J connectivity index is 2.08. The van der Waals surface area contributed by atoms with Crippen LogP contribution < -0.4 is 5.73 Å². The minimum Gasteiger partial charge on any atom is -0.324 e. The molecule has 2 aromatic rings. The average Bonchev–Trinajstić information content (AvgIpc) is 2.40. The summed E-state index contributed by atoms with van der Waals surface area (Å²) in [5.74, 6) is 0. The summed E-state index contributed by atoms with van der Waals surface area (Å²) in [6, 6.07) is 12.7. The van der Waals surface area contributed by atoms with Crippen LogP contribution in [0.4, 0.5) is 0 Å². The summed E-state index contributed by atoms with van der Waals surface area (Å²) < 4.78 is 0. The van der Waals surface area contributed by atoms with Crippen LogP contribution in [0, 0.1) is 0 Å². The van der Waals surface area contributed by atoms with Gasteiger partial charge in [0, 0.05) is 18.4 Å². The van der Waals surface area contributed by atoms with Gasteiger partial charge in [0.25, 0.3) is 0 Å². The molecule has 0 fully saturated rings. The SMILES string of the molecule is CCCc1cccc(C(N)Cc2cccnc2)c1. The third-order valence-corrected chi connectivity index (χ3v) is 3.10. The maximum atomic E-state index is 6.26. The molecule has 94 valence electrons. The average molecular weight is 240 g/mol. The number of hydrogen-bond acceptors (Lipinski definition) is 2. The second-order valence-electron chi connectivity index (χ2n) is 4.67. The van der Waals surface area contributed by atoms with Crippen molar-refractivity contribution in [1.29, 1.82) is 0 Å². The molecule has 2 rings (SSSR count). The van der Waals surface area contributed by atoms with E-state index in [-0.39, 0.29) is 6.04 Å². The molecular formula is C16H20N2. The fourth-order valence-electron chi connectivity index (χ4n) is 2.16. The van der Waals surface area contributed by atoms with Crippen LogP contribution in [-0.2, 0) is 12.8 Å². The molecule has 0 aliphatic carbocycles. The lowest BCUT2D eigenvalue weighted by Gasteiger charge is -2.13. The van der Waals surface area contributed by atoms with E-state index in [9.17, 15) is 0 Å². The highest BCUT2D eigenvalue weighted by Crippen LogP contribution is 2.17. The van der Waals surface area contributed by atoms with Crippen molar-refractivity contribution < 1.29 is 0 Å². The van der Waals surface area contributed by atoms with E-state index in [0.29, 0.717) is 0 Å². The van der Waals surface area contributed by atoms with Crippen molar-refractivity contribution in [2.45, 2.75) is 32.2 Å². The maximum absolute atomic E-state index is 6.26. The molecule has 1 atom stereocenters. The Morgan fingerprint density at radius 3 is 2.72 bits per heavy atom. The summed E-state index contributed by atoms with van der Waals surface area (Å²) in [4.78, 5) is 4.12. The van der Waals surface area contributed by atoms with Crippen LogP contribution in [0.2, 0.25) is 0 Å². The Labute approximate surface area is 109 Å². The molecule has 1 aromatic heterocycles. The summed E-state index contributed by atoms with van der Waals surface area (Å²) in [6.07, 6.45) is 6.80. The first-order valence-electron chi connectivity index (χ1n) is 6.53. The van der Waals surface area contributed by atoms with E-state index < -0.39 is 0 Å². The molecule has 1 aromatic carbocycles. The highest BCUT2D eigenvalue weighted by molar-refractivity contribution is 5.27. The lowest BCUT2D eigenvalue weighted by atomic mass is 9.98. The molecule has 0 saturated carbocycles. The molecule has 0 aliphatic heterocycles. The molecule has 0 amide bonds. The van der Waals surface area contributed by atoms with Crippen molar-refractivity contribution in [3.05, 3.63) is 65.5 Å². The molecule has 0 saturated heterocycles. The highest BCUT2D eigenvalue weighted by Gasteiger charge is 2.07. The molecule has 0 aliphatic rings. The highest BCUT2D eigenvalue weighted by atomic mass is 14.6. The van der Waals surface area contributed by atoms with E-state index in [1.54, 1.807) is 6.20 Å². The Bertz CT molecular complexity index is 479. The van der Waals surface area contributed by atoms with Gasteiger partial charge in [0.05, 0.1) is 0 Å². The van der Waals surface area contributed by atoms with Crippen LogP contribution in [-0.4, -0.2) is 4.98 Å². The van der Waals surface area contributed by atoms with E-state index in [0.717, 1.165) is 12.8 Å². The zero-order valence-electron chi connectivity index (χ0n) is 10.8. The van der Waals surface area contributed by atoms with Crippen LogP contribution in [0.5, 0.6) is 0 Å². The van der Waals surface area contributed by atoms with Crippen molar-refractivity contribution in [2.24, 2.45) is 5.73 Å². The summed E-state index contributed by atoms with van der Waals surface area (Å²) in [7, 11) is 0. The number of nitrogens with zero attached hydrogens (tertiary/aromatic N) is 1. The smallest absolute Gasteiger partial charge is 0.0336 e. The van der Waals surface area contributed by atoms with E-state index >= 15 is 0 Å². The molecule has 1 unspecified atom stereocenters. The second kappa shape index (κ2) is 6.31. The van der Waals surface area contributed by atoms with Gasteiger partial charge >= 0.3 is 0 Å². The molecule has 0 bridgehead atoms. The van der Waals surface area contributed by atoms with Gasteiger partial charge in [0.15, 0.2) is 0 Å². The first kappa shape index (κ1) is 12.8. The number of hydrogen-bond donors (Lipinski definition) is 1. The Hall–Kier alpha value is -1.67. The first-order chi connectivity index (χ1) is 8.79. The van der Waals surface area contributed by atoms with Crippen molar-refractivity contribution in [1.82, 2.24) is 4.98 Å². The number of rotatable bonds is 5. The minimum absolute atomic E-state index is 0.0472. The second-order valence-corrected chi connectivity index (χ2v) is 4.67. The number of nitrogens with two attached hydrogens (primary N) is 1. The monoisotopic (exact) mass is 240 g/mol. The van der Waals surface area contributed by atoms with Crippen molar-refractivity contribution in [3.63, 3.8) is 0 Å². The third kappa shape index (κ3) is 3.41. The van der Waals surface area contributed by atoms with Crippen LogP contribution in [0.3, 0.4) is 0 Å². The van der Waals surface area contributed by atoms with Gasteiger partial charge < -0.3 is 5.73 Å². The summed E-state index contributed by atoms with van der Waals surface area (Å²) in [6.45, 7) is 2.20. The zero-order valence-corrected chi connectivity index (χ0v) is 10.8. The fourth-order valence-corrected chi connectivity index (χ4v) is 2.16. The topological polar surface area (TPSA) is 38.9 Å². The molecule has 1 heterocycles. The molecule has 2 nitrogen and oxygen atoms in total. The first-order valence-corrected chi connectivity index (χ1v) is 6.53. The Kier molecular flexibility index (Phi) is 4.48. The molecule has 2 heteroatoms. The van der Waals surface area contributed by atoms with Gasteiger partial charge in [-0.2, -0.15) is 0 Å².